The van der Waals surface area contributed by atoms with E-state index in [9.17, 15) is 2.74 Å². The molecule has 10 aromatic carbocycles. The Morgan fingerprint density at radius 3 is 1.68 bits per heavy atom. The molecule has 0 spiro atoms. The third-order valence-corrected chi connectivity index (χ3v) is 16.1. The lowest BCUT2D eigenvalue weighted by molar-refractivity contribution is -0.571. The molecule has 0 aliphatic carbocycles. The number of nitrogens with zero attached hydrogens (tertiary/aromatic N) is 5. The molecule has 14 aromatic rings. The second kappa shape index (κ2) is 17.9. The largest absolute Gasteiger partial charge is 0.458 e. The average Bonchev–Trinajstić information content (AvgIpc) is 2.04. The minimum atomic E-state index is -0.449. The van der Waals surface area contributed by atoms with Crippen LogP contribution in [0.15, 0.2) is 237 Å². The number of hydrogen-bond acceptors (Lipinski definition) is 2. The highest BCUT2D eigenvalue weighted by molar-refractivity contribution is 6.11. The molecule has 5 heterocycles. The molecule has 0 amide bonds. The van der Waals surface area contributed by atoms with Crippen molar-refractivity contribution in [2.45, 2.75) is 52.4 Å². The predicted molar refractivity (Wildman–Crippen MR) is 329 cm³/mol. The van der Waals surface area contributed by atoms with Gasteiger partial charge in [0.2, 0.25) is 0 Å². The number of benzene rings is 10. The third-order valence-electron chi connectivity index (χ3n) is 16.1. The van der Waals surface area contributed by atoms with Gasteiger partial charge >= 0.3 is 0 Å². The van der Waals surface area contributed by atoms with Gasteiger partial charge in [-0.15, -0.1) is 0 Å². The molecule has 0 N–H and O–H groups in total. The summed E-state index contributed by atoms with van der Waals surface area (Å²) in [7, 11) is 0. The Morgan fingerprint density at radius 1 is 0.450 bits per heavy atom. The maximum Gasteiger partial charge on any atom is 0.269 e. The van der Waals surface area contributed by atoms with Gasteiger partial charge in [-0.2, -0.15) is 0 Å². The van der Waals surface area contributed by atoms with Crippen molar-refractivity contribution in [2.24, 2.45) is 0 Å². The smallest absolute Gasteiger partial charge is 0.269 e. The summed E-state index contributed by atoms with van der Waals surface area (Å²) in [5.74, 6) is 2.05. The van der Waals surface area contributed by atoms with E-state index in [1.54, 1.807) is 0 Å². The summed E-state index contributed by atoms with van der Waals surface area (Å²) in [5, 5.41) is 4.46. The lowest BCUT2D eigenvalue weighted by Gasteiger charge is -2.26. The summed E-state index contributed by atoms with van der Waals surface area (Å²) >= 11 is 0. The van der Waals surface area contributed by atoms with E-state index in [2.05, 4.69) is 213 Å². The van der Waals surface area contributed by atoms with Crippen molar-refractivity contribution in [1.29, 1.82) is 0 Å². The van der Waals surface area contributed by atoms with Gasteiger partial charge in [0.1, 0.15) is 17.3 Å². The van der Waals surface area contributed by atoms with E-state index in [-0.39, 0.29) is 28.5 Å². The first-order valence-corrected chi connectivity index (χ1v) is 27.3. The van der Waals surface area contributed by atoms with Gasteiger partial charge in [-0.05, 0) is 139 Å². The Kier molecular flexibility index (Phi) is 9.45. The zero-order chi connectivity index (χ0) is 58.4. The average molecular weight is 1040 g/mol. The fourth-order valence-electron chi connectivity index (χ4n) is 12.2. The quantitative estimate of drug-likeness (QED) is 0.123. The van der Waals surface area contributed by atoms with Crippen LogP contribution in [0.2, 0.25) is 0 Å². The number of para-hydroxylation sites is 3. The SMILES string of the molecule is [2H]c1c([2H])c([2H])c(-c2cc3c4c(c2)n(-c2cccc(Oc5ccc6c7ccccc7n(-c7cc(C(C)(C)C)ccn7)c6c5)c2)[c-][n+]4-c2c(cc(C(C)(C)C)cc2-n2c4ccccc4c4ccccc42)-c2ccccc2-c2ccccc2-3)c([2H])c1[2H]. The van der Waals surface area contributed by atoms with Gasteiger partial charge in [-0.1, -0.05) is 193 Å². The molecule has 0 fully saturated rings. The third kappa shape index (κ3) is 7.54. The van der Waals surface area contributed by atoms with Gasteiger partial charge < -0.3 is 9.30 Å². The summed E-state index contributed by atoms with van der Waals surface area (Å²) in [6.07, 6.45) is 5.87. The van der Waals surface area contributed by atoms with E-state index in [0.29, 0.717) is 22.6 Å². The highest BCUT2D eigenvalue weighted by Gasteiger charge is 2.31. The minimum absolute atomic E-state index is 0.0836. The van der Waals surface area contributed by atoms with Crippen LogP contribution in [0.25, 0.3) is 122 Å². The molecule has 6 nitrogen and oxygen atoms in total. The van der Waals surface area contributed by atoms with Gasteiger partial charge in [0.15, 0.2) is 0 Å². The van der Waals surface area contributed by atoms with Crippen LogP contribution in [-0.4, -0.2) is 18.7 Å². The van der Waals surface area contributed by atoms with E-state index < -0.39 is 18.1 Å². The summed E-state index contributed by atoms with van der Waals surface area (Å²) in [6, 6.07) is 67.9. The van der Waals surface area contributed by atoms with E-state index in [1.165, 1.54) is 5.56 Å². The normalized spacial score (nSPS) is 13.2. The van der Waals surface area contributed by atoms with Gasteiger partial charge in [0.25, 0.3) is 6.33 Å². The molecule has 0 radical (unpaired) electrons. The first kappa shape index (κ1) is 42.3. The Balaban J connectivity index is 1.03. The summed E-state index contributed by atoms with van der Waals surface area (Å²) in [4.78, 5) is 4.93. The molecule has 15 rings (SSSR count). The maximum atomic E-state index is 9.40. The first-order valence-electron chi connectivity index (χ1n) is 29.8. The minimum Gasteiger partial charge on any atom is -0.458 e. The van der Waals surface area contributed by atoms with Crippen LogP contribution in [0.5, 0.6) is 11.5 Å². The molecule has 6 heteroatoms. The van der Waals surface area contributed by atoms with Crippen molar-refractivity contribution >= 4 is 54.6 Å². The molecule has 1 aliphatic rings. The number of rotatable bonds is 6. The lowest BCUT2D eigenvalue weighted by Crippen LogP contribution is -2.33. The Labute approximate surface area is 472 Å². The molecule has 80 heavy (non-hydrogen) atoms. The summed E-state index contributed by atoms with van der Waals surface area (Å²) < 4.78 is 61.1. The molecular weight excluding hydrogens is 975 g/mol. The number of imidazole rings is 1. The molecule has 0 atom stereocenters. The van der Waals surface area contributed by atoms with Crippen molar-refractivity contribution < 1.29 is 16.2 Å². The molecule has 384 valence electrons. The Bertz CT molecular complexity index is 5070. The van der Waals surface area contributed by atoms with Gasteiger partial charge in [0, 0.05) is 33.8 Å². The number of aromatic nitrogens is 5. The monoisotopic (exact) mass is 1040 g/mol. The van der Waals surface area contributed by atoms with Gasteiger partial charge in [-0.25, -0.2) is 4.98 Å². The van der Waals surface area contributed by atoms with Crippen molar-refractivity contribution in [3.05, 3.63) is 254 Å². The highest BCUT2D eigenvalue weighted by atomic mass is 16.5. The van der Waals surface area contributed by atoms with Crippen molar-refractivity contribution in [3.8, 4) is 78.9 Å². The van der Waals surface area contributed by atoms with Gasteiger partial charge in [0.05, 0.1) is 57.0 Å². The molecule has 1 aliphatic heterocycles. The fraction of sp³-hybridized carbons (Fsp3) is 0.108. The zero-order valence-corrected chi connectivity index (χ0v) is 45.3. The fourth-order valence-corrected chi connectivity index (χ4v) is 12.2. The maximum absolute atomic E-state index is 9.40. The van der Waals surface area contributed by atoms with Crippen LogP contribution >= 0.6 is 0 Å². The molecule has 0 bridgehead atoms. The molecule has 0 saturated carbocycles. The molecular formula is C74H57N5O. The number of pyridine rings is 1. The number of fused-ring (bicyclic) bond motifs is 13. The van der Waals surface area contributed by atoms with E-state index in [1.807, 2.05) is 59.3 Å². The van der Waals surface area contributed by atoms with Crippen LogP contribution < -0.4 is 9.30 Å². The van der Waals surface area contributed by atoms with Gasteiger partial charge in [-0.3, -0.25) is 13.7 Å². The zero-order valence-electron chi connectivity index (χ0n) is 50.3. The van der Waals surface area contributed by atoms with Crippen LogP contribution in [0.4, 0.5) is 0 Å². The topological polar surface area (TPSA) is 40.8 Å². The van der Waals surface area contributed by atoms with Crippen LogP contribution in [0.1, 0.15) is 59.5 Å². The van der Waals surface area contributed by atoms with Crippen molar-refractivity contribution in [1.82, 2.24) is 18.7 Å². The van der Waals surface area contributed by atoms with E-state index >= 15 is 0 Å². The van der Waals surface area contributed by atoms with Crippen molar-refractivity contribution in [2.75, 3.05) is 0 Å². The predicted octanol–water partition coefficient (Wildman–Crippen LogP) is 18.7. The van der Waals surface area contributed by atoms with Crippen molar-refractivity contribution in [3.63, 3.8) is 0 Å². The van der Waals surface area contributed by atoms with Crippen LogP contribution in [-0.2, 0) is 10.8 Å². The Morgan fingerprint density at radius 2 is 1.02 bits per heavy atom. The lowest BCUT2D eigenvalue weighted by atomic mass is 9.83. The van der Waals surface area contributed by atoms with Crippen LogP contribution in [0, 0.1) is 6.33 Å². The van der Waals surface area contributed by atoms with E-state index in [0.717, 1.165) is 111 Å². The highest BCUT2D eigenvalue weighted by Crippen LogP contribution is 2.48. The second-order valence-electron chi connectivity index (χ2n) is 23.0. The number of ether oxygens (including phenoxy) is 1. The molecule has 0 saturated heterocycles. The summed E-state index contributed by atoms with van der Waals surface area (Å²) in [6.45, 7) is 13.4. The number of hydrogen-bond donors (Lipinski definition) is 0. The van der Waals surface area contributed by atoms with Crippen LogP contribution in [0.3, 0.4) is 0 Å². The van der Waals surface area contributed by atoms with E-state index in [4.69, 9.17) is 13.8 Å². The standard InChI is InChI=1S/C74H57N5O/c1-73(2,3)49-37-38-75-70(43-49)79-66-34-19-16-31-60(66)61-36-35-53(45-67(61)79)80-52-24-20-23-51(44-52)76-46-77-71-62(39-48(40-68(71)76)47-21-8-7-9-22-47)56-27-12-10-25-54(56)55-26-11-13-28-57(55)63-41-50(74(4,5)6)42-69(72(63)77)78-64-32-17-14-29-58(64)59-30-15-18-33-65(59)78/h7-45H,1-6H3/i7D,8D,9D,21D,22D. The molecule has 4 aromatic heterocycles. The first-order chi connectivity index (χ1) is 41.0. The summed E-state index contributed by atoms with van der Waals surface area (Å²) in [5.41, 5.74) is 16.4. The Hall–Kier alpha value is -9.78. The molecule has 0 unspecified atom stereocenters. The second-order valence-corrected chi connectivity index (χ2v) is 23.0.